The zero-order valence-electron chi connectivity index (χ0n) is 12.1. The first kappa shape index (κ1) is 19.0. The Bertz CT molecular complexity index is 838. The van der Waals surface area contributed by atoms with Crippen LogP contribution in [0, 0.1) is 0 Å². The first-order chi connectivity index (χ1) is 11.3. The Morgan fingerprint density at radius 1 is 1.00 bits per heavy atom. The highest BCUT2D eigenvalue weighted by molar-refractivity contribution is 7.89. The van der Waals surface area contributed by atoms with Gasteiger partial charge in [-0.25, -0.2) is 8.42 Å². The predicted octanol–water partition coefficient (Wildman–Crippen LogP) is 3.67. The Hall–Kier alpha value is -1.31. The fourth-order valence-electron chi connectivity index (χ4n) is 1.68. The fourth-order valence-corrected chi connectivity index (χ4v) is 3.16. The van der Waals surface area contributed by atoms with Crippen molar-refractivity contribution >= 4 is 50.8 Å². The van der Waals surface area contributed by atoms with E-state index in [-0.39, 0.29) is 21.5 Å². The van der Waals surface area contributed by atoms with E-state index in [0.717, 1.165) is 5.56 Å². The molecule has 0 fully saturated rings. The van der Waals surface area contributed by atoms with Crippen molar-refractivity contribution in [3.63, 3.8) is 0 Å². The average molecular weight is 409 g/mol. The Morgan fingerprint density at radius 3 is 2.29 bits per heavy atom. The Labute approximate surface area is 154 Å². The topological polar surface area (TPSA) is 72.5 Å². The molecular weight excluding hydrogens is 397 g/mol. The van der Waals surface area contributed by atoms with Gasteiger partial charge in [-0.15, -0.1) is 0 Å². The number of rotatable bonds is 6. The zero-order chi connectivity index (χ0) is 17.7. The predicted molar refractivity (Wildman–Crippen MR) is 92.9 cm³/mol. The van der Waals surface area contributed by atoms with Crippen molar-refractivity contribution in [3.05, 3.63) is 63.1 Å². The van der Waals surface area contributed by atoms with Gasteiger partial charge < -0.3 is 4.74 Å². The maximum absolute atomic E-state index is 12.1. The number of hydrogen-bond acceptors (Lipinski definition) is 4. The molecule has 1 N–H and O–H groups in total. The van der Waals surface area contributed by atoms with Gasteiger partial charge in [0.05, 0.1) is 14.9 Å². The number of hydrogen-bond donors (Lipinski definition) is 1. The summed E-state index contributed by atoms with van der Waals surface area (Å²) in [7, 11) is -3.89. The standard InChI is InChI=1S/C15H12Cl3NO4S/c16-11-3-1-10(2-4-11)9-23-15(20)8-19-24(21,22)12-5-6-13(17)14(18)7-12/h1-7,19H,8-9H2. The van der Waals surface area contributed by atoms with E-state index in [4.69, 9.17) is 39.5 Å². The number of carbonyl (C=O) groups excluding carboxylic acids is 1. The highest BCUT2D eigenvalue weighted by Crippen LogP contribution is 2.24. The molecule has 0 aromatic heterocycles. The molecule has 2 rings (SSSR count). The summed E-state index contributed by atoms with van der Waals surface area (Å²) in [6.07, 6.45) is 0. The third-order valence-corrected chi connectivity index (χ3v) is 5.31. The minimum Gasteiger partial charge on any atom is -0.460 e. The van der Waals surface area contributed by atoms with Crippen LogP contribution in [0.25, 0.3) is 0 Å². The molecule has 0 saturated carbocycles. The summed E-state index contributed by atoms with van der Waals surface area (Å²) >= 11 is 17.3. The van der Waals surface area contributed by atoms with Crippen LogP contribution in [0.3, 0.4) is 0 Å². The van der Waals surface area contributed by atoms with Crippen LogP contribution in [0.2, 0.25) is 15.1 Å². The molecule has 0 heterocycles. The molecule has 0 atom stereocenters. The van der Waals surface area contributed by atoms with Crippen molar-refractivity contribution in [2.45, 2.75) is 11.5 Å². The first-order valence-corrected chi connectivity index (χ1v) is 9.24. The molecular formula is C15H12Cl3NO4S. The van der Waals surface area contributed by atoms with Gasteiger partial charge >= 0.3 is 5.97 Å². The highest BCUT2D eigenvalue weighted by atomic mass is 35.5. The largest absolute Gasteiger partial charge is 0.460 e. The molecule has 9 heteroatoms. The van der Waals surface area contributed by atoms with Crippen molar-refractivity contribution in [2.24, 2.45) is 0 Å². The number of esters is 1. The average Bonchev–Trinajstić information content (AvgIpc) is 2.55. The summed E-state index contributed by atoms with van der Waals surface area (Å²) in [5, 5.41) is 0.905. The lowest BCUT2D eigenvalue weighted by Crippen LogP contribution is -2.30. The Balaban J connectivity index is 1.90. The molecule has 0 unspecified atom stereocenters. The van der Waals surface area contributed by atoms with E-state index < -0.39 is 22.5 Å². The molecule has 0 radical (unpaired) electrons. The van der Waals surface area contributed by atoms with Gasteiger partial charge in [-0.3, -0.25) is 4.79 Å². The molecule has 0 amide bonds. The molecule has 2 aromatic carbocycles. The van der Waals surface area contributed by atoms with Gasteiger partial charge in [-0.2, -0.15) is 4.72 Å². The number of benzene rings is 2. The zero-order valence-corrected chi connectivity index (χ0v) is 15.2. The molecule has 0 bridgehead atoms. The van der Waals surface area contributed by atoms with Crippen molar-refractivity contribution < 1.29 is 17.9 Å². The van der Waals surface area contributed by atoms with Crippen LogP contribution in [0.5, 0.6) is 0 Å². The van der Waals surface area contributed by atoms with Crippen LogP contribution in [0.15, 0.2) is 47.4 Å². The lowest BCUT2D eigenvalue weighted by atomic mass is 10.2. The summed E-state index contributed by atoms with van der Waals surface area (Å²) in [6, 6.07) is 10.6. The molecule has 24 heavy (non-hydrogen) atoms. The van der Waals surface area contributed by atoms with Gasteiger partial charge in [-0.1, -0.05) is 46.9 Å². The van der Waals surface area contributed by atoms with E-state index in [2.05, 4.69) is 4.72 Å². The Morgan fingerprint density at radius 2 is 1.67 bits per heavy atom. The summed E-state index contributed by atoms with van der Waals surface area (Å²) in [6.45, 7) is -0.485. The lowest BCUT2D eigenvalue weighted by Gasteiger charge is -2.08. The Kier molecular flexibility index (Phi) is 6.48. The summed E-state index contributed by atoms with van der Waals surface area (Å²) in [5.41, 5.74) is 0.736. The number of nitrogens with one attached hydrogen (secondary N) is 1. The highest BCUT2D eigenvalue weighted by Gasteiger charge is 2.17. The van der Waals surface area contributed by atoms with E-state index in [1.165, 1.54) is 18.2 Å². The molecule has 0 aliphatic carbocycles. The summed E-state index contributed by atoms with van der Waals surface area (Å²) < 4.78 is 31.3. The van der Waals surface area contributed by atoms with Crippen molar-refractivity contribution in [1.82, 2.24) is 4.72 Å². The molecule has 2 aromatic rings. The third kappa shape index (κ3) is 5.36. The van der Waals surface area contributed by atoms with E-state index in [1.54, 1.807) is 24.3 Å². The van der Waals surface area contributed by atoms with Gasteiger partial charge in [-0.05, 0) is 35.9 Å². The second kappa shape index (κ2) is 8.18. The van der Waals surface area contributed by atoms with Crippen LogP contribution < -0.4 is 4.72 Å². The second-order valence-electron chi connectivity index (χ2n) is 4.69. The number of carbonyl (C=O) groups is 1. The van der Waals surface area contributed by atoms with Crippen LogP contribution in [0.1, 0.15) is 5.56 Å². The first-order valence-electron chi connectivity index (χ1n) is 6.63. The maximum Gasteiger partial charge on any atom is 0.321 e. The minimum absolute atomic E-state index is 0.0184. The van der Waals surface area contributed by atoms with Gasteiger partial charge in [0.2, 0.25) is 10.0 Å². The van der Waals surface area contributed by atoms with Crippen molar-refractivity contribution in [3.8, 4) is 0 Å². The van der Waals surface area contributed by atoms with E-state index in [1.807, 2.05) is 0 Å². The van der Waals surface area contributed by atoms with Crippen molar-refractivity contribution in [2.75, 3.05) is 6.54 Å². The SMILES string of the molecule is O=C(CNS(=O)(=O)c1ccc(Cl)c(Cl)c1)OCc1ccc(Cl)cc1. The molecule has 0 saturated heterocycles. The smallest absolute Gasteiger partial charge is 0.321 e. The summed E-state index contributed by atoms with van der Waals surface area (Å²) in [5.74, 6) is -0.714. The van der Waals surface area contributed by atoms with E-state index >= 15 is 0 Å². The summed E-state index contributed by atoms with van der Waals surface area (Å²) in [4.78, 5) is 11.6. The normalized spacial score (nSPS) is 11.3. The second-order valence-corrected chi connectivity index (χ2v) is 7.71. The van der Waals surface area contributed by atoms with Gasteiger partial charge in [0.15, 0.2) is 0 Å². The maximum atomic E-state index is 12.1. The number of ether oxygens (including phenoxy) is 1. The number of halogens is 3. The monoisotopic (exact) mass is 407 g/mol. The van der Waals surface area contributed by atoms with Crippen molar-refractivity contribution in [1.29, 1.82) is 0 Å². The molecule has 128 valence electrons. The molecule has 0 aliphatic rings. The molecule has 0 spiro atoms. The minimum atomic E-state index is -3.89. The molecule has 5 nitrogen and oxygen atoms in total. The third-order valence-electron chi connectivity index (χ3n) is 2.92. The van der Waals surface area contributed by atoms with Crippen LogP contribution in [0.4, 0.5) is 0 Å². The van der Waals surface area contributed by atoms with Gasteiger partial charge in [0.25, 0.3) is 0 Å². The van der Waals surface area contributed by atoms with E-state index in [0.29, 0.717) is 5.02 Å². The quantitative estimate of drug-likeness (QED) is 0.740. The molecule has 0 aliphatic heterocycles. The van der Waals surface area contributed by atoms with Crippen LogP contribution >= 0.6 is 34.8 Å². The van der Waals surface area contributed by atoms with Gasteiger partial charge in [0, 0.05) is 5.02 Å². The van der Waals surface area contributed by atoms with Crippen LogP contribution in [-0.2, 0) is 26.2 Å². The van der Waals surface area contributed by atoms with E-state index in [9.17, 15) is 13.2 Å². The fraction of sp³-hybridized carbons (Fsp3) is 0.133. The van der Waals surface area contributed by atoms with Crippen LogP contribution in [-0.4, -0.2) is 20.9 Å². The van der Waals surface area contributed by atoms with Gasteiger partial charge in [0.1, 0.15) is 13.2 Å². The lowest BCUT2D eigenvalue weighted by molar-refractivity contribution is -0.143. The number of sulfonamides is 1.